The molecule has 2 aromatic rings. The van der Waals surface area contributed by atoms with Crippen LogP contribution in [0.15, 0.2) is 24.5 Å². The quantitative estimate of drug-likeness (QED) is 0.684. The SMILES string of the molecule is Cc1cccc(-c2ncn(C)n2)c1C. The lowest BCUT2D eigenvalue weighted by Crippen LogP contribution is -1.91. The van der Waals surface area contributed by atoms with Gasteiger partial charge in [0.15, 0.2) is 5.82 Å². The fraction of sp³-hybridized carbons (Fsp3) is 0.273. The average Bonchev–Trinajstić information content (AvgIpc) is 2.57. The molecule has 0 spiro atoms. The third-order valence-corrected chi connectivity index (χ3v) is 2.45. The highest BCUT2D eigenvalue weighted by Crippen LogP contribution is 2.21. The molecule has 0 aliphatic carbocycles. The van der Waals surface area contributed by atoms with Gasteiger partial charge in [0, 0.05) is 12.6 Å². The van der Waals surface area contributed by atoms with Crippen molar-refractivity contribution in [1.82, 2.24) is 14.8 Å². The summed E-state index contributed by atoms with van der Waals surface area (Å²) in [5.41, 5.74) is 3.64. The zero-order chi connectivity index (χ0) is 10.1. The van der Waals surface area contributed by atoms with Gasteiger partial charge in [0.25, 0.3) is 0 Å². The number of aryl methyl sites for hydroxylation is 2. The first-order chi connectivity index (χ1) is 6.68. The minimum Gasteiger partial charge on any atom is -0.255 e. The Kier molecular flexibility index (Phi) is 2.08. The van der Waals surface area contributed by atoms with Crippen molar-refractivity contribution in [3.8, 4) is 11.4 Å². The van der Waals surface area contributed by atoms with Crippen molar-refractivity contribution in [1.29, 1.82) is 0 Å². The van der Waals surface area contributed by atoms with Crippen molar-refractivity contribution in [2.45, 2.75) is 13.8 Å². The van der Waals surface area contributed by atoms with Crippen molar-refractivity contribution in [2.24, 2.45) is 7.05 Å². The van der Waals surface area contributed by atoms with Crippen LogP contribution in [0.2, 0.25) is 0 Å². The van der Waals surface area contributed by atoms with E-state index in [4.69, 9.17) is 0 Å². The Labute approximate surface area is 83.4 Å². The van der Waals surface area contributed by atoms with Crippen LogP contribution in [0.3, 0.4) is 0 Å². The van der Waals surface area contributed by atoms with E-state index in [0.717, 1.165) is 11.4 Å². The van der Waals surface area contributed by atoms with Crippen LogP contribution in [-0.4, -0.2) is 14.8 Å². The van der Waals surface area contributed by atoms with E-state index >= 15 is 0 Å². The third kappa shape index (κ3) is 1.41. The predicted molar refractivity (Wildman–Crippen MR) is 55.9 cm³/mol. The second-order valence-corrected chi connectivity index (χ2v) is 3.49. The Morgan fingerprint density at radius 3 is 2.64 bits per heavy atom. The van der Waals surface area contributed by atoms with E-state index in [-0.39, 0.29) is 0 Å². The Morgan fingerprint density at radius 2 is 2.00 bits per heavy atom. The van der Waals surface area contributed by atoms with Crippen LogP contribution in [0.25, 0.3) is 11.4 Å². The van der Waals surface area contributed by atoms with E-state index in [2.05, 4.69) is 36.1 Å². The van der Waals surface area contributed by atoms with Gasteiger partial charge < -0.3 is 0 Å². The summed E-state index contributed by atoms with van der Waals surface area (Å²) in [6, 6.07) is 6.19. The van der Waals surface area contributed by atoms with Crippen LogP contribution in [0.4, 0.5) is 0 Å². The highest BCUT2D eigenvalue weighted by atomic mass is 15.3. The highest BCUT2D eigenvalue weighted by Gasteiger charge is 2.06. The van der Waals surface area contributed by atoms with Gasteiger partial charge in [0.05, 0.1) is 0 Å². The molecule has 0 unspecified atom stereocenters. The number of rotatable bonds is 1. The average molecular weight is 187 g/mol. The maximum Gasteiger partial charge on any atom is 0.181 e. The molecule has 72 valence electrons. The van der Waals surface area contributed by atoms with Gasteiger partial charge >= 0.3 is 0 Å². The van der Waals surface area contributed by atoms with Gasteiger partial charge in [-0.1, -0.05) is 18.2 Å². The van der Waals surface area contributed by atoms with Crippen LogP contribution < -0.4 is 0 Å². The first-order valence-electron chi connectivity index (χ1n) is 4.60. The molecule has 0 fully saturated rings. The van der Waals surface area contributed by atoms with Crippen molar-refractivity contribution < 1.29 is 0 Å². The molecule has 3 heteroatoms. The van der Waals surface area contributed by atoms with E-state index in [1.54, 1.807) is 11.0 Å². The first-order valence-corrected chi connectivity index (χ1v) is 4.60. The fourth-order valence-electron chi connectivity index (χ4n) is 1.46. The molecule has 0 N–H and O–H groups in total. The predicted octanol–water partition coefficient (Wildman–Crippen LogP) is 2.10. The Hall–Kier alpha value is -1.64. The molecule has 14 heavy (non-hydrogen) atoms. The third-order valence-electron chi connectivity index (χ3n) is 2.45. The first kappa shape index (κ1) is 8.94. The zero-order valence-electron chi connectivity index (χ0n) is 8.65. The van der Waals surface area contributed by atoms with Gasteiger partial charge in [0.2, 0.25) is 0 Å². The van der Waals surface area contributed by atoms with Crippen LogP contribution in [0.1, 0.15) is 11.1 Å². The lowest BCUT2D eigenvalue weighted by molar-refractivity contribution is 0.768. The molecule has 0 amide bonds. The van der Waals surface area contributed by atoms with E-state index in [9.17, 15) is 0 Å². The molecule has 0 saturated heterocycles. The van der Waals surface area contributed by atoms with Gasteiger partial charge in [-0.15, -0.1) is 0 Å². The molecular weight excluding hydrogens is 174 g/mol. The zero-order valence-corrected chi connectivity index (χ0v) is 8.65. The lowest BCUT2D eigenvalue weighted by Gasteiger charge is -2.03. The molecule has 0 aliphatic heterocycles. The van der Waals surface area contributed by atoms with E-state index in [1.807, 2.05) is 13.1 Å². The van der Waals surface area contributed by atoms with Crippen molar-refractivity contribution in [2.75, 3.05) is 0 Å². The fourth-order valence-corrected chi connectivity index (χ4v) is 1.46. The highest BCUT2D eigenvalue weighted by molar-refractivity contribution is 5.61. The molecule has 3 nitrogen and oxygen atoms in total. The maximum atomic E-state index is 4.29. The number of aromatic nitrogens is 3. The molecule has 1 heterocycles. The Bertz CT molecular complexity index is 457. The molecule has 1 aromatic heterocycles. The second kappa shape index (κ2) is 3.25. The van der Waals surface area contributed by atoms with Crippen LogP contribution in [0.5, 0.6) is 0 Å². The summed E-state index contributed by atoms with van der Waals surface area (Å²) in [4.78, 5) is 4.24. The Balaban J connectivity index is 2.57. The summed E-state index contributed by atoms with van der Waals surface area (Å²) in [6.07, 6.45) is 1.72. The van der Waals surface area contributed by atoms with Crippen LogP contribution >= 0.6 is 0 Å². The van der Waals surface area contributed by atoms with Gasteiger partial charge in [-0.3, -0.25) is 4.68 Å². The molecular formula is C11H13N3. The molecule has 0 aliphatic rings. The summed E-state index contributed by atoms with van der Waals surface area (Å²) in [7, 11) is 1.88. The molecule has 0 atom stereocenters. The maximum absolute atomic E-state index is 4.29. The molecule has 0 bridgehead atoms. The summed E-state index contributed by atoms with van der Waals surface area (Å²) in [6.45, 7) is 4.20. The molecule has 0 radical (unpaired) electrons. The smallest absolute Gasteiger partial charge is 0.181 e. The summed E-state index contributed by atoms with van der Waals surface area (Å²) in [5, 5.41) is 4.29. The number of benzene rings is 1. The molecule has 1 aromatic carbocycles. The van der Waals surface area contributed by atoms with Gasteiger partial charge in [-0.25, -0.2) is 4.98 Å². The van der Waals surface area contributed by atoms with Crippen molar-refractivity contribution in [3.05, 3.63) is 35.7 Å². The minimum atomic E-state index is 0.800. The number of nitrogens with zero attached hydrogens (tertiary/aromatic N) is 3. The monoisotopic (exact) mass is 187 g/mol. The normalized spacial score (nSPS) is 10.5. The standard InChI is InChI=1S/C11H13N3/c1-8-5-4-6-10(9(8)2)11-12-7-14(3)13-11/h4-7H,1-3H3. The van der Waals surface area contributed by atoms with E-state index < -0.39 is 0 Å². The van der Waals surface area contributed by atoms with E-state index in [0.29, 0.717) is 0 Å². The Morgan fingerprint density at radius 1 is 1.21 bits per heavy atom. The largest absolute Gasteiger partial charge is 0.255 e. The summed E-state index contributed by atoms with van der Waals surface area (Å²) >= 11 is 0. The number of hydrogen-bond donors (Lipinski definition) is 0. The van der Waals surface area contributed by atoms with Crippen LogP contribution in [-0.2, 0) is 7.05 Å². The molecule has 0 saturated carbocycles. The number of hydrogen-bond acceptors (Lipinski definition) is 2. The minimum absolute atomic E-state index is 0.800. The summed E-state index contributed by atoms with van der Waals surface area (Å²) < 4.78 is 1.72. The van der Waals surface area contributed by atoms with Crippen LogP contribution in [0, 0.1) is 13.8 Å². The van der Waals surface area contributed by atoms with Crippen molar-refractivity contribution >= 4 is 0 Å². The molecule has 2 rings (SSSR count). The van der Waals surface area contributed by atoms with Crippen molar-refractivity contribution in [3.63, 3.8) is 0 Å². The van der Waals surface area contributed by atoms with Gasteiger partial charge in [-0.05, 0) is 25.0 Å². The summed E-state index contributed by atoms with van der Waals surface area (Å²) in [5.74, 6) is 0.800. The lowest BCUT2D eigenvalue weighted by atomic mass is 10.0. The van der Waals surface area contributed by atoms with E-state index in [1.165, 1.54) is 11.1 Å². The topological polar surface area (TPSA) is 30.7 Å². The van der Waals surface area contributed by atoms with Gasteiger partial charge in [0.1, 0.15) is 6.33 Å². The van der Waals surface area contributed by atoms with Gasteiger partial charge in [-0.2, -0.15) is 5.10 Å². The second-order valence-electron chi connectivity index (χ2n) is 3.49.